The first-order valence-electron chi connectivity index (χ1n) is 12.3. The quantitative estimate of drug-likeness (QED) is 0.348. The number of hydrogen-bond donors (Lipinski definition) is 0. The van der Waals surface area contributed by atoms with E-state index in [4.69, 9.17) is 4.74 Å². The molecule has 0 spiro atoms. The number of ether oxygens (including phenoxy) is 2. The van der Waals surface area contributed by atoms with Crippen molar-refractivity contribution in [1.29, 1.82) is 0 Å². The normalized spacial score (nSPS) is 20.9. The van der Waals surface area contributed by atoms with Gasteiger partial charge in [0, 0.05) is 38.1 Å². The molecule has 1 amide bonds. The molecule has 1 saturated carbocycles. The number of fused-ring (bicyclic) bond motifs is 1. The highest BCUT2D eigenvalue weighted by molar-refractivity contribution is 7.07. The molecule has 2 aromatic carbocycles. The van der Waals surface area contributed by atoms with Crippen molar-refractivity contribution in [2.45, 2.75) is 26.4 Å². The summed E-state index contributed by atoms with van der Waals surface area (Å²) in [5.41, 5.74) is 3.78. The lowest BCUT2D eigenvalue weighted by Gasteiger charge is -2.25. The van der Waals surface area contributed by atoms with Crippen LogP contribution in [0.4, 0.5) is 13.2 Å². The van der Waals surface area contributed by atoms with Gasteiger partial charge in [-0.3, -0.25) is 9.69 Å². The van der Waals surface area contributed by atoms with E-state index in [2.05, 4.69) is 26.8 Å². The van der Waals surface area contributed by atoms with Crippen molar-refractivity contribution >= 4 is 17.2 Å². The number of nitrogens with zero attached hydrogens (tertiary/aromatic N) is 3. The van der Waals surface area contributed by atoms with Crippen LogP contribution in [-0.4, -0.2) is 53.3 Å². The van der Waals surface area contributed by atoms with Gasteiger partial charge in [0.1, 0.15) is 17.2 Å². The molecule has 0 N–H and O–H groups in total. The van der Waals surface area contributed by atoms with Gasteiger partial charge in [-0.2, -0.15) is 0 Å². The standard InChI is InChI=1S/C27H28F3N3O3S/c1-2-35-20-8-6-18(7-9-20)11-32-13-22-23(14-32)24(22)15-33(26(34)25-16-37-17-31-25)12-19-4-3-5-21(10-19)36-27(28,29)30/h3-10,16-17,22-24H,2,11-15H2,1H3. The molecular weight excluding hydrogens is 503 g/mol. The van der Waals surface area contributed by atoms with E-state index < -0.39 is 6.36 Å². The van der Waals surface area contributed by atoms with Gasteiger partial charge in [0.15, 0.2) is 0 Å². The number of thiazole rings is 1. The minimum atomic E-state index is -4.77. The second kappa shape index (κ2) is 10.7. The Morgan fingerprint density at radius 1 is 1.11 bits per heavy atom. The van der Waals surface area contributed by atoms with Gasteiger partial charge in [-0.15, -0.1) is 24.5 Å². The lowest BCUT2D eigenvalue weighted by atomic mass is 10.1. The third-order valence-electron chi connectivity index (χ3n) is 6.96. The molecule has 1 aliphatic carbocycles. The van der Waals surface area contributed by atoms with Gasteiger partial charge in [0.25, 0.3) is 5.91 Å². The summed E-state index contributed by atoms with van der Waals surface area (Å²) in [6, 6.07) is 14.0. The smallest absolute Gasteiger partial charge is 0.494 e. The van der Waals surface area contributed by atoms with Crippen molar-refractivity contribution in [3.05, 3.63) is 76.2 Å². The zero-order chi connectivity index (χ0) is 26.0. The molecule has 6 nitrogen and oxygen atoms in total. The van der Waals surface area contributed by atoms with Crippen LogP contribution in [0.2, 0.25) is 0 Å². The largest absolute Gasteiger partial charge is 0.573 e. The number of piperidine rings is 1. The first-order valence-corrected chi connectivity index (χ1v) is 13.2. The van der Waals surface area contributed by atoms with Crippen LogP contribution in [0.1, 0.15) is 28.5 Å². The Kier molecular flexibility index (Phi) is 7.39. The number of amides is 1. The molecule has 2 aliphatic rings. The molecule has 1 aliphatic heterocycles. The molecule has 196 valence electrons. The number of carbonyl (C=O) groups excluding carboxylic acids is 1. The van der Waals surface area contributed by atoms with Crippen LogP contribution in [0.25, 0.3) is 0 Å². The van der Waals surface area contributed by atoms with E-state index in [1.165, 1.54) is 35.1 Å². The van der Waals surface area contributed by atoms with Crippen molar-refractivity contribution in [2.24, 2.45) is 17.8 Å². The number of hydrogen-bond acceptors (Lipinski definition) is 6. The van der Waals surface area contributed by atoms with E-state index >= 15 is 0 Å². The highest BCUT2D eigenvalue weighted by Gasteiger charge is 2.55. The van der Waals surface area contributed by atoms with Gasteiger partial charge in [0.2, 0.25) is 0 Å². The van der Waals surface area contributed by atoms with Crippen LogP contribution >= 0.6 is 11.3 Å². The molecule has 10 heteroatoms. The molecular formula is C27H28F3N3O3S. The summed E-state index contributed by atoms with van der Waals surface area (Å²) in [6.07, 6.45) is -4.77. The van der Waals surface area contributed by atoms with Crippen LogP contribution in [0.15, 0.2) is 59.4 Å². The number of benzene rings is 2. The number of likely N-dealkylation sites (tertiary alicyclic amines) is 1. The van der Waals surface area contributed by atoms with Crippen LogP contribution in [0, 0.1) is 17.8 Å². The fourth-order valence-corrected chi connectivity index (χ4v) is 5.79. The summed E-state index contributed by atoms with van der Waals surface area (Å²) < 4.78 is 47.6. The number of rotatable bonds is 10. The van der Waals surface area contributed by atoms with Crippen LogP contribution in [0.5, 0.6) is 11.5 Å². The summed E-state index contributed by atoms with van der Waals surface area (Å²) in [5.74, 6) is 1.75. The summed E-state index contributed by atoms with van der Waals surface area (Å²) in [5, 5.41) is 1.70. The Bertz CT molecular complexity index is 1190. The second-order valence-corrected chi connectivity index (χ2v) is 10.2. The number of aromatic nitrogens is 1. The van der Waals surface area contributed by atoms with Crippen LogP contribution in [-0.2, 0) is 13.1 Å². The van der Waals surface area contributed by atoms with Crippen LogP contribution < -0.4 is 9.47 Å². The summed E-state index contributed by atoms with van der Waals surface area (Å²) in [7, 11) is 0. The third-order valence-corrected chi connectivity index (χ3v) is 7.55. The topological polar surface area (TPSA) is 54.9 Å². The van der Waals surface area contributed by atoms with E-state index in [1.54, 1.807) is 21.9 Å². The summed E-state index contributed by atoms with van der Waals surface area (Å²) in [4.78, 5) is 21.5. The zero-order valence-electron chi connectivity index (χ0n) is 20.4. The molecule has 2 unspecified atom stereocenters. The Balaban J connectivity index is 1.21. The van der Waals surface area contributed by atoms with E-state index in [0.29, 0.717) is 42.2 Å². The highest BCUT2D eigenvalue weighted by atomic mass is 32.1. The fraction of sp³-hybridized carbons (Fsp3) is 0.407. The Hall–Kier alpha value is -3.11. The molecule has 2 heterocycles. The van der Waals surface area contributed by atoms with Gasteiger partial charge in [-0.1, -0.05) is 24.3 Å². The molecule has 37 heavy (non-hydrogen) atoms. The van der Waals surface area contributed by atoms with Crippen molar-refractivity contribution in [1.82, 2.24) is 14.8 Å². The Morgan fingerprint density at radius 2 is 1.86 bits per heavy atom. The molecule has 2 fully saturated rings. The maximum atomic E-state index is 13.2. The zero-order valence-corrected chi connectivity index (χ0v) is 21.2. The fourth-order valence-electron chi connectivity index (χ4n) is 5.27. The van der Waals surface area contributed by atoms with Gasteiger partial charge in [0.05, 0.1) is 12.1 Å². The molecule has 5 rings (SSSR count). The van der Waals surface area contributed by atoms with Crippen LogP contribution in [0.3, 0.4) is 0 Å². The number of halogens is 3. The molecule has 2 atom stereocenters. The minimum absolute atomic E-state index is 0.192. The number of carbonyl (C=O) groups is 1. The molecule has 3 aromatic rings. The Morgan fingerprint density at radius 3 is 2.51 bits per heavy atom. The first kappa shape index (κ1) is 25.5. The van der Waals surface area contributed by atoms with E-state index in [1.807, 2.05) is 19.1 Å². The predicted molar refractivity (Wildman–Crippen MR) is 133 cm³/mol. The van der Waals surface area contributed by atoms with Crippen molar-refractivity contribution in [3.8, 4) is 11.5 Å². The van der Waals surface area contributed by atoms with Gasteiger partial charge in [-0.25, -0.2) is 4.98 Å². The average molecular weight is 532 g/mol. The first-order chi connectivity index (χ1) is 17.8. The van der Waals surface area contributed by atoms with Crippen molar-refractivity contribution < 1.29 is 27.4 Å². The monoisotopic (exact) mass is 531 g/mol. The molecule has 0 bridgehead atoms. The van der Waals surface area contributed by atoms with E-state index in [0.717, 1.165) is 25.4 Å². The highest BCUT2D eigenvalue weighted by Crippen LogP contribution is 2.52. The second-order valence-electron chi connectivity index (χ2n) is 9.52. The van der Waals surface area contributed by atoms with Gasteiger partial charge in [-0.05, 0) is 60.1 Å². The number of alkyl halides is 3. The summed E-state index contributed by atoms with van der Waals surface area (Å²) in [6.45, 7) is 6.16. The summed E-state index contributed by atoms with van der Waals surface area (Å²) >= 11 is 1.34. The maximum Gasteiger partial charge on any atom is 0.573 e. The SMILES string of the molecule is CCOc1ccc(CN2CC3C(C2)C3CN(Cc2cccc(OC(F)(F)F)c2)C(=O)c2cscn2)cc1. The van der Waals surface area contributed by atoms with E-state index in [-0.39, 0.29) is 18.2 Å². The minimum Gasteiger partial charge on any atom is -0.494 e. The van der Waals surface area contributed by atoms with Gasteiger partial charge >= 0.3 is 6.36 Å². The molecule has 1 aromatic heterocycles. The lowest BCUT2D eigenvalue weighted by molar-refractivity contribution is -0.274. The molecule has 1 saturated heterocycles. The van der Waals surface area contributed by atoms with Gasteiger partial charge < -0.3 is 14.4 Å². The maximum absolute atomic E-state index is 13.2. The van der Waals surface area contributed by atoms with Crippen molar-refractivity contribution in [2.75, 3.05) is 26.2 Å². The average Bonchev–Trinajstić information content (AvgIpc) is 3.25. The van der Waals surface area contributed by atoms with Crippen molar-refractivity contribution in [3.63, 3.8) is 0 Å². The predicted octanol–water partition coefficient (Wildman–Crippen LogP) is 5.46. The lowest BCUT2D eigenvalue weighted by Crippen LogP contribution is -2.35. The Labute approximate surface area is 217 Å². The van der Waals surface area contributed by atoms with E-state index in [9.17, 15) is 18.0 Å². The third kappa shape index (κ3) is 6.42. The molecule has 0 radical (unpaired) electrons.